The number of aliphatic hydroxyl groups is 1. The van der Waals surface area contributed by atoms with Crippen molar-refractivity contribution in [2.24, 2.45) is 5.73 Å². The maximum Gasteiger partial charge on any atom is 0.308 e. The van der Waals surface area contributed by atoms with E-state index in [0.29, 0.717) is 12.1 Å². The highest BCUT2D eigenvalue weighted by molar-refractivity contribution is 5.94. The van der Waals surface area contributed by atoms with E-state index in [1.807, 2.05) is 0 Å². The van der Waals surface area contributed by atoms with Gasteiger partial charge in [-0.25, -0.2) is 0 Å². The van der Waals surface area contributed by atoms with E-state index in [1.54, 1.807) is 45.0 Å². The number of hydrogen-bond acceptors (Lipinski definition) is 5. The van der Waals surface area contributed by atoms with Gasteiger partial charge in [-0.3, -0.25) is 9.59 Å². The fraction of sp³-hybridized carbons (Fsp3) is 0.500. The number of nitrogens with two attached hydrogens (primary N) is 1. The minimum absolute atomic E-state index is 0.0829. The van der Waals surface area contributed by atoms with Gasteiger partial charge in [-0.05, 0) is 38.5 Å². The Morgan fingerprint density at radius 2 is 1.86 bits per heavy atom. The van der Waals surface area contributed by atoms with Gasteiger partial charge < -0.3 is 20.9 Å². The average molecular weight is 308 g/mol. The van der Waals surface area contributed by atoms with Gasteiger partial charge in [0.05, 0.1) is 19.1 Å². The molecule has 0 unspecified atom stereocenters. The molecule has 6 nitrogen and oxygen atoms in total. The molecule has 0 spiro atoms. The zero-order chi connectivity index (χ0) is 16.8. The van der Waals surface area contributed by atoms with Crippen LogP contribution in [0.5, 0.6) is 0 Å². The molecule has 6 heteroatoms. The Bertz CT molecular complexity index is 506. The molecular weight excluding hydrogens is 284 g/mol. The molecule has 1 rings (SSSR count). The van der Waals surface area contributed by atoms with Crippen molar-refractivity contribution in [1.82, 2.24) is 5.32 Å². The van der Waals surface area contributed by atoms with Gasteiger partial charge in [0.25, 0.3) is 5.91 Å². The van der Waals surface area contributed by atoms with Crippen LogP contribution in [-0.2, 0) is 16.1 Å². The molecule has 122 valence electrons. The van der Waals surface area contributed by atoms with Crippen molar-refractivity contribution in [2.75, 3.05) is 6.61 Å². The van der Waals surface area contributed by atoms with Crippen molar-refractivity contribution in [3.05, 3.63) is 35.4 Å². The van der Waals surface area contributed by atoms with E-state index in [-0.39, 0.29) is 18.9 Å². The summed E-state index contributed by atoms with van der Waals surface area (Å²) < 4.78 is 5.17. The third kappa shape index (κ3) is 6.24. The van der Waals surface area contributed by atoms with Crippen LogP contribution in [0.25, 0.3) is 0 Å². The first kappa shape index (κ1) is 18.1. The van der Waals surface area contributed by atoms with Crippen LogP contribution in [-0.4, -0.2) is 35.2 Å². The molecule has 0 radical (unpaired) electrons. The molecular formula is C16H24N2O4. The second kappa shape index (κ2) is 7.91. The molecule has 0 fully saturated rings. The maximum atomic E-state index is 12.1. The predicted octanol–water partition coefficient (Wildman–Crippen LogP) is 0.968. The summed E-state index contributed by atoms with van der Waals surface area (Å²) in [6.45, 7) is 5.34. The summed E-state index contributed by atoms with van der Waals surface area (Å²) in [4.78, 5) is 23.8. The zero-order valence-electron chi connectivity index (χ0n) is 13.3. The molecule has 0 aliphatic carbocycles. The summed E-state index contributed by atoms with van der Waals surface area (Å²) >= 11 is 0. The summed E-state index contributed by atoms with van der Waals surface area (Å²) in [6.07, 6.45) is -0.0829. The first-order valence-corrected chi connectivity index (χ1v) is 7.17. The van der Waals surface area contributed by atoms with Crippen LogP contribution < -0.4 is 11.1 Å². The normalized spacial score (nSPS) is 12.6. The summed E-state index contributed by atoms with van der Waals surface area (Å²) in [5.41, 5.74) is 6.27. The lowest BCUT2D eigenvalue weighted by Gasteiger charge is -2.22. The van der Waals surface area contributed by atoms with E-state index >= 15 is 0 Å². The highest BCUT2D eigenvalue weighted by Crippen LogP contribution is 2.10. The fourth-order valence-electron chi connectivity index (χ4n) is 1.81. The Balaban J connectivity index is 2.61. The van der Waals surface area contributed by atoms with Gasteiger partial charge in [0.1, 0.15) is 5.60 Å². The van der Waals surface area contributed by atoms with E-state index in [2.05, 4.69) is 5.32 Å². The highest BCUT2D eigenvalue weighted by Gasteiger charge is 2.21. The van der Waals surface area contributed by atoms with Crippen LogP contribution in [0.1, 0.15) is 43.1 Å². The Hall–Kier alpha value is -1.92. The Morgan fingerprint density at radius 1 is 1.27 bits per heavy atom. The predicted molar refractivity (Wildman–Crippen MR) is 83.1 cm³/mol. The van der Waals surface area contributed by atoms with Crippen molar-refractivity contribution in [1.29, 1.82) is 0 Å². The first-order chi connectivity index (χ1) is 10.2. The fourth-order valence-corrected chi connectivity index (χ4v) is 1.81. The molecule has 0 aliphatic heterocycles. The molecule has 0 saturated carbocycles. The number of nitrogens with one attached hydrogen (secondary N) is 1. The molecule has 1 aromatic carbocycles. The molecule has 0 saturated heterocycles. The quantitative estimate of drug-likeness (QED) is 0.680. The topological polar surface area (TPSA) is 102 Å². The minimum Gasteiger partial charge on any atom is -0.460 e. The standard InChI is InChI=1S/C16H24N2O4/c1-16(2,3)22-14(20)8-13(10-19)18-15(21)12-6-4-11(9-17)5-7-12/h4-7,13,19H,8-10,17H2,1-3H3,(H,18,21)/t13-/m0/s1. The van der Waals surface area contributed by atoms with Gasteiger partial charge in [0.15, 0.2) is 0 Å². The van der Waals surface area contributed by atoms with Gasteiger partial charge in [-0.1, -0.05) is 12.1 Å². The number of carbonyl (C=O) groups excluding carboxylic acids is 2. The smallest absolute Gasteiger partial charge is 0.308 e. The third-order valence-electron chi connectivity index (χ3n) is 2.84. The first-order valence-electron chi connectivity index (χ1n) is 7.17. The van der Waals surface area contributed by atoms with E-state index < -0.39 is 17.6 Å². The van der Waals surface area contributed by atoms with Crippen molar-refractivity contribution < 1.29 is 19.4 Å². The number of rotatable bonds is 6. The van der Waals surface area contributed by atoms with Gasteiger partial charge in [0, 0.05) is 12.1 Å². The second-order valence-corrected chi connectivity index (χ2v) is 6.04. The van der Waals surface area contributed by atoms with Crippen LogP contribution >= 0.6 is 0 Å². The van der Waals surface area contributed by atoms with Crippen LogP contribution in [0.3, 0.4) is 0 Å². The van der Waals surface area contributed by atoms with E-state index in [0.717, 1.165) is 5.56 Å². The van der Waals surface area contributed by atoms with E-state index in [4.69, 9.17) is 10.5 Å². The molecule has 4 N–H and O–H groups in total. The maximum absolute atomic E-state index is 12.1. The highest BCUT2D eigenvalue weighted by atomic mass is 16.6. The SMILES string of the molecule is CC(C)(C)OC(=O)C[C@@H](CO)NC(=O)c1ccc(CN)cc1. The van der Waals surface area contributed by atoms with Crippen molar-refractivity contribution in [3.8, 4) is 0 Å². The van der Waals surface area contributed by atoms with Crippen LogP contribution in [0.4, 0.5) is 0 Å². The molecule has 0 aliphatic rings. The molecule has 0 bridgehead atoms. The van der Waals surface area contributed by atoms with Gasteiger partial charge >= 0.3 is 5.97 Å². The van der Waals surface area contributed by atoms with Crippen molar-refractivity contribution in [2.45, 2.75) is 45.4 Å². The third-order valence-corrected chi connectivity index (χ3v) is 2.84. The number of esters is 1. The Morgan fingerprint density at radius 3 is 2.32 bits per heavy atom. The number of carbonyl (C=O) groups is 2. The molecule has 0 aromatic heterocycles. The molecule has 1 aromatic rings. The van der Waals surface area contributed by atoms with Crippen molar-refractivity contribution in [3.63, 3.8) is 0 Å². The second-order valence-electron chi connectivity index (χ2n) is 6.04. The zero-order valence-corrected chi connectivity index (χ0v) is 13.3. The number of aliphatic hydroxyl groups excluding tert-OH is 1. The number of hydrogen-bond donors (Lipinski definition) is 3. The molecule has 1 atom stereocenters. The van der Waals surface area contributed by atoms with Crippen molar-refractivity contribution >= 4 is 11.9 Å². The van der Waals surface area contributed by atoms with E-state index in [9.17, 15) is 14.7 Å². The summed E-state index contributed by atoms with van der Waals surface area (Å²) in [5.74, 6) is -0.823. The molecule has 22 heavy (non-hydrogen) atoms. The van der Waals surface area contributed by atoms with Crippen LogP contribution in [0.2, 0.25) is 0 Å². The van der Waals surface area contributed by atoms with Crippen LogP contribution in [0.15, 0.2) is 24.3 Å². The number of ether oxygens (including phenoxy) is 1. The lowest BCUT2D eigenvalue weighted by molar-refractivity contribution is -0.155. The average Bonchev–Trinajstić information content (AvgIpc) is 2.44. The summed E-state index contributed by atoms with van der Waals surface area (Å²) in [5, 5.41) is 11.9. The number of benzene rings is 1. The number of amides is 1. The van der Waals surface area contributed by atoms with Gasteiger partial charge in [0.2, 0.25) is 0 Å². The summed E-state index contributed by atoms with van der Waals surface area (Å²) in [7, 11) is 0. The summed E-state index contributed by atoms with van der Waals surface area (Å²) in [6, 6.07) is 6.14. The monoisotopic (exact) mass is 308 g/mol. The molecule has 1 amide bonds. The lowest BCUT2D eigenvalue weighted by atomic mass is 10.1. The largest absolute Gasteiger partial charge is 0.460 e. The Labute approximate surface area is 130 Å². The van der Waals surface area contributed by atoms with Gasteiger partial charge in [-0.2, -0.15) is 0 Å². The van der Waals surface area contributed by atoms with E-state index in [1.165, 1.54) is 0 Å². The minimum atomic E-state index is -0.684. The lowest BCUT2D eigenvalue weighted by Crippen LogP contribution is -2.40. The van der Waals surface area contributed by atoms with Crippen LogP contribution in [0, 0.1) is 0 Å². The molecule has 0 heterocycles. The Kier molecular flexibility index (Phi) is 6.52. The van der Waals surface area contributed by atoms with Gasteiger partial charge in [-0.15, -0.1) is 0 Å².